The topological polar surface area (TPSA) is 94.2 Å². The number of alkyl carbamates (subject to hydrolysis) is 1. The van der Waals surface area contributed by atoms with E-state index in [-0.39, 0.29) is 39.3 Å². The number of nitrogens with zero attached hydrogens (tertiary/aromatic N) is 1. The summed E-state index contributed by atoms with van der Waals surface area (Å²) >= 11 is 0. The maximum atomic E-state index is 12.6. The number of hydrogen-bond donors (Lipinski definition) is 1. The Labute approximate surface area is 194 Å². The molecule has 2 aromatic rings. The molecule has 0 unspecified atom stereocenters. The van der Waals surface area contributed by atoms with E-state index < -0.39 is 23.8 Å². The number of esters is 1. The summed E-state index contributed by atoms with van der Waals surface area (Å²) in [7, 11) is 0. The Balaban J connectivity index is 1.84. The summed E-state index contributed by atoms with van der Waals surface area (Å²) in [6.45, 7) is 5.98. The number of amides is 2. The van der Waals surface area contributed by atoms with Crippen molar-refractivity contribution in [1.82, 2.24) is 10.2 Å². The first-order chi connectivity index (χ1) is 15.7. The number of carbonyl (C=O) groups excluding carboxylic acids is 3. The molecule has 0 saturated heterocycles. The van der Waals surface area contributed by atoms with E-state index in [4.69, 9.17) is 14.2 Å². The predicted octanol–water partition coefficient (Wildman–Crippen LogP) is 4.28. The van der Waals surface area contributed by atoms with Crippen LogP contribution in [0.3, 0.4) is 0 Å². The lowest BCUT2D eigenvalue weighted by Gasteiger charge is -2.24. The lowest BCUT2D eigenvalue weighted by atomic mass is 10.2. The van der Waals surface area contributed by atoms with Gasteiger partial charge in [-0.1, -0.05) is 60.7 Å². The smallest absolute Gasteiger partial charge is 0.410 e. The first-order valence-electron chi connectivity index (χ1n) is 10.8. The third-order valence-electron chi connectivity index (χ3n) is 4.33. The molecule has 2 rings (SSSR count). The molecule has 0 heterocycles. The maximum absolute atomic E-state index is 12.6. The van der Waals surface area contributed by atoms with Crippen molar-refractivity contribution in [2.45, 2.75) is 46.0 Å². The quantitative estimate of drug-likeness (QED) is 0.424. The standard InChI is InChI=1S/C25H32N2O6/c1-25(2,3)33-22(28)14-16-27(24(30)32-19-21-12-8-5-9-13-21)17-15-26-23(29)31-18-20-10-6-4-7-11-20/h4-13H,14-19H2,1-3H3,(H,26,29). The van der Waals surface area contributed by atoms with Crippen molar-refractivity contribution in [2.75, 3.05) is 19.6 Å². The summed E-state index contributed by atoms with van der Waals surface area (Å²) < 4.78 is 15.9. The Bertz CT molecular complexity index is 881. The van der Waals surface area contributed by atoms with E-state index in [0.717, 1.165) is 11.1 Å². The molecule has 0 atom stereocenters. The van der Waals surface area contributed by atoms with Crippen LogP contribution in [0.15, 0.2) is 60.7 Å². The molecule has 0 aliphatic carbocycles. The molecule has 0 fully saturated rings. The van der Waals surface area contributed by atoms with Crippen LogP contribution >= 0.6 is 0 Å². The fourth-order valence-corrected chi connectivity index (χ4v) is 2.79. The Morgan fingerprint density at radius 1 is 0.818 bits per heavy atom. The first kappa shape index (κ1) is 25.7. The maximum Gasteiger partial charge on any atom is 0.410 e. The van der Waals surface area contributed by atoms with E-state index in [9.17, 15) is 14.4 Å². The predicted molar refractivity (Wildman–Crippen MR) is 123 cm³/mol. The van der Waals surface area contributed by atoms with Gasteiger partial charge in [-0.2, -0.15) is 0 Å². The molecule has 33 heavy (non-hydrogen) atoms. The van der Waals surface area contributed by atoms with E-state index in [1.807, 2.05) is 60.7 Å². The number of benzene rings is 2. The summed E-state index contributed by atoms with van der Waals surface area (Å²) in [5, 5.41) is 2.61. The van der Waals surface area contributed by atoms with Gasteiger partial charge in [-0.05, 0) is 31.9 Å². The Kier molecular flexibility index (Phi) is 10.2. The fourth-order valence-electron chi connectivity index (χ4n) is 2.79. The second-order valence-electron chi connectivity index (χ2n) is 8.35. The molecule has 8 nitrogen and oxygen atoms in total. The number of carbonyl (C=O) groups is 3. The molecule has 2 amide bonds. The zero-order valence-electron chi connectivity index (χ0n) is 19.4. The lowest BCUT2D eigenvalue weighted by molar-refractivity contribution is -0.155. The molecule has 0 radical (unpaired) electrons. The number of rotatable bonds is 10. The van der Waals surface area contributed by atoms with E-state index in [1.54, 1.807) is 20.8 Å². The third kappa shape index (κ3) is 11.0. The van der Waals surface area contributed by atoms with Gasteiger partial charge in [0, 0.05) is 19.6 Å². The summed E-state index contributed by atoms with van der Waals surface area (Å²) in [5.41, 5.74) is 1.11. The van der Waals surface area contributed by atoms with Gasteiger partial charge < -0.3 is 24.4 Å². The van der Waals surface area contributed by atoms with Gasteiger partial charge in [0.25, 0.3) is 0 Å². The molecule has 0 bridgehead atoms. The van der Waals surface area contributed by atoms with E-state index in [1.165, 1.54) is 4.90 Å². The molecule has 0 spiro atoms. The van der Waals surface area contributed by atoms with Crippen LogP contribution in [0.2, 0.25) is 0 Å². The minimum absolute atomic E-state index is 0.0101. The van der Waals surface area contributed by atoms with Crippen LogP contribution in [0.5, 0.6) is 0 Å². The average Bonchev–Trinajstić information content (AvgIpc) is 2.78. The van der Waals surface area contributed by atoms with Crippen molar-refractivity contribution in [3.63, 3.8) is 0 Å². The monoisotopic (exact) mass is 456 g/mol. The molecule has 0 saturated carbocycles. The van der Waals surface area contributed by atoms with Gasteiger partial charge in [-0.15, -0.1) is 0 Å². The summed E-state index contributed by atoms with van der Waals surface area (Å²) in [5.74, 6) is -0.418. The summed E-state index contributed by atoms with van der Waals surface area (Å²) in [6.07, 6.45) is -1.17. The molecule has 1 N–H and O–H groups in total. The summed E-state index contributed by atoms with van der Waals surface area (Å²) in [6, 6.07) is 18.6. The van der Waals surface area contributed by atoms with E-state index in [0.29, 0.717) is 0 Å². The normalized spacial score (nSPS) is 10.8. The van der Waals surface area contributed by atoms with Crippen LogP contribution < -0.4 is 5.32 Å². The fraction of sp³-hybridized carbons (Fsp3) is 0.400. The van der Waals surface area contributed by atoms with Crippen molar-refractivity contribution in [2.24, 2.45) is 0 Å². The Morgan fingerprint density at radius 3 is 1.91 bits per heavy atom. The van der Waals surface area contributed by atoms with Gasteiger partial charge in [0.2, 0.25) is 0 Å². The molecular weight excluding hydrogens is 424 g/mol. The van der Waals surface area contributed by atoms with Gasteiger partial charge in [-0.3, -0.25) is 4.79 Å². The molecular formula is C25H32N2O6. The van der Waals surface area contributed by atoms with E-state index >= 15 is 0 Å². The molecule has 178 valence electrons. The Morgan fingerprint density at radius 2 is 1.36 bits per heavy atom. The number of ether oxygens (including phenoxy) is 3. The molecule has 2 aromatic carbocycles. The van der Waals surface area contributed by atoms with Gasteiger partial charge in [-0.25, -0.2) is 9.59 Å². The van der Waals surface area contributed by atoms with Crippen molar-refractivity contribution in [3.05, 3.63) is 71.8 Å². The number of hydrogen-bond acceptors (Lipinski definition) is 6. The average molecular weight is 457 g/mol. The highest BCUT2D eigenvalue weighted by Gasteiger charge is 2.20. The van der Waals surface area contributed by atoms with Gasteiger partial charge >= 0.3 is 18.2 Å². The minimum atomic E-state index is -0.611. The van der Waals surface area contributed by atoms with Gasteiger partial charge in [0.1, 0.15) is 18.8 Å². The molecule has 0 aromatic heterocycles. The van der Waals surface area contributed by atoms with Gasteiger partial charge in [0.15, 0.2) is 0 Å². The number of nitrogens with one attached hydrogen (secondary N) is 1. The van der Waals surface area contributed by atoms with Crippen LogP contribution in [0, 0.1) is 0 Å². The SMILES string of the molecule is CC(C)(C)OC(=O)CCN(CCNC(=O)OCc1ccccc1)C(=O)OCc1ccccc1. The second-order valence-corrected chi connectivity index (χ2v) is 8.35. The van der Waals surface area contributed by atoms with Crippen LogP contribution in [0.1, 0.15) is 38.3 Å². The van der Waals surface area contributed by atoms with Crippen LogP contribution in [-0.4, -0.2) is 48.3 Å². The summed E-state index contributed by atoms with van der Waals surface area (Å²) in [4.78, 5) is 38.0. The first-order valence-corrected chi connectivity index (χ1v) is 10.8. The molecule has 8 heteroatoms. The molecule has 0 aliphatic rings. The van der Waals surface area contributed by atoms with Crippen molar-refractivity contribution >= 4 is 18.2 Å². The molecule has 0 aliphatic heterocycles. The largest absolute Gasteiger partial charge is 0.460 e. The highest BCUT2D eigenvalue weighted by atomic mass is 16.6. The van der Waals surface area contributed by atoms with Crippen LogP contribution in [0.4, 0.5) is 9.59 Å². The Hall–Kier alpha value is -3.55. The van der Waals surface area contributed by atoms with E-state index in [2.05, 4.69) is 5.32 Å². The highest BCUT2D eigenvalue weighted by molar-refractivity contribution is 5.72. The second kappa shape index (κ2) is 13.1. The highest BCUT2D eigenvalue weighted by Crippen LogP contribution is 2.09. The van der Waals surface area contributed by atoms with Gasteiger partial charge in [0.05, 0.1) is 6.42 Å². The van der Waals surface area contributed by atoms with Crippen molar-refractivity contribution in [3.8, 4) is 0 Å². The van der Waals surface area contributed by atoms with Crippen LogP contribution in [-0.2, 0) is 32.2 Å². The van der Waals surface area contributed by atoms with Crippen molar-refractivity contribution < 1.29 is 28.6 Å². The lowest BCUT2D eigenvalue weighted by Crippen LogP contribution is -2.40. The third-order valence-corrected chi connectivity index (χ3v) is 4.33. The minimum Gasteiger partial charge on any atom is -0.460 e. The van der Waals surface area contributed by atoms with Crippen molar-refractivity contribution in [1.29, 1.82) is 0 Å². The zero-order chi connectivity index (χ0) is 24.1. The zero-order valence-corrected chi connectivity index (χ0v) is 19.4. The van der Waals surface area contributed by atoms with Crippen LogP contribution in [0.25, 0.3) is 0 Å².